The summed E-state index contributed by atoms with van der Waals surface area (Å²) in [6.45, 7) is 8.57. The predicted octanol–water partition coefficient (Wildman–Crippen LogP) is 2.13. The standard InChI is InChI=1S/C20H29N5O4/c1-4-24-16-11-14(22-19(27)21-13-18(26)29-6-3)15(23-9-7-8-10-23)12-17(16)25(5-2)20(24)28/h11-12H,4-10,13H2,1-3H3,(H2,21,22,27). The van der Waals surface area contributed by atoms with Gasteiger partial charge in [-0.15, -0.1) is 0 Å². The first-order valence-corrected chi connectivity index (χ1v) is 10.2. The second-order valence-corrected chi connectivity index (χ2v) is 6.94. The van der Waals surface area contributed by atoms with Crippen LogP contribution >= 0.6 is 0 Å². The van der Waals surface area contributed by atoms with Gasteiger partial charge in [-0.3, -0.25) is 13.9 Å². The molecule has 0 aliphatic carbocycles. The Morgan fingerprint density at radius 2 is 1.66 bits per heavy atom. The Morgan fingerprint density at radius 1 is 1.03 bits per heavy atom. The van der Waals surface area contributed by atoms with Crippen molar-refractivity contribution in [1.82, 2.24) is 14.5 Å². The van der Waals surface area contributed by atoms with Crippen LogP contribution in [0, 0.1) is 0 Å². The fraction of sp³-hybridized carbons (Fsp3) is 0.550. The van der Waals surface area contributed by atoms with Crippen molar-refractivity contribution in [3.05, 3.63) is 22.6 Å². The van der Waals surface area contributed by atoms with Gasteiger partial charge in [-0.05, 0) is 45.7 Å². The summed E-state index contributed by atoms with van der Waals surface area (Å²) in [6, 6.07) is 3.35. The van der Waals surface area contributed by atoms with Crippen LogP contribution in [-0.2, 0) is 22.6 Å². The Morgan fingerprint density at radius 3 is 2.24 bits per heavy atom. The molecule has 0 saturated carbocycles. The summed E-state index contributed by atoms with van der Waals surface area (Å²) in [5.41, 5.74) is 3.09. The second-order valence-electron chi connectivity index (χ2n) is 6.94. The average Bonchev–Trinajstić information content (AvgIpc) is 3.31. The van der Waals surface area contributed by atoms with Crippen LogP contribution in [0.3, 0.4) is 0 Å². The lowest BCUT2D eigenvalue weighted by molar-refractivity contribution is -0.141. The van der Waals surface area contributed by atoms with Crippen molar-refractivity contribution < 1.29 is 14.3 Å². The summed E-state index contributed by atoms with van der Waals surface area (Å²) in [5.74, 6) is -0.488. The number of ether oxygens (including phenoxy) is 1. The van der Waals surface area contributed by atoms with Gasteiger partial charge in [0, 0.05) is 26.2 Å². The first-order chi connectivity index (χ1) is 14.0. The van der Waals surface area contributed by atoms with Crippen LogP contribution in [-0.4, -0.2) is 47.4 Å². The third-order valence-electron chi connectivity index (χ3n) is 5.16. The molecule has 3 rings (SSSR count). The molecule has 1 aromatic carbocycles. The predicted molar refractivity (Wildman–Crippen MR) is 113 cm³/mol. The average molecular weight is 403 g/mol. The highest BCUT2D eigenvalue weighted by atomic mass is 16.5. The van der Waals surface area contributed by atoms with Gasteiger partial charge in [0.1, 0.15) is 6.54 Å². The van der Waals surface area contributed by atoms with Crippen molar-refractivity contribution in [1.29, 1.82) is 0 Å². The van der Waals surface area contributed by atoms with Crippen molar-refractivity contribution in [2.24, 2.45) is 0 Å². The maximum Gasteiger partial charge on any atom is 0.329 e. The Bertz CT molecular complexity index is 956. The molecule has 1 aliphatic heterocycles. The number of hydrogen-bond acceptors (Lipinski definition) is 5. The van der Waals surface area contributed by atoms with Crippen molar-refractivity contribution in [3.63, 3.8) is 0 Å². The number of amides is 2. The summed E-state index contributed by atoms with van der Waals surface area (Å²) in [5, 5.41) is 5.37. The number of anilines is 2. The molecule has 0 unspecified atom stereocenters. The van der Waals surface area contributed by atoms with Gasteiger partial charge in [-0.25, -0.2) is 9.59 Å². The highest BCUT2D eigenvalue weighted by Gasteiger charge is 2.21. The molecule has 9 heteroatoms. The maximum absolute atomic E-state index is 12.7. The van der Waals surface area contributed by atoms with Crippen molar-refractivity contribution in [2.75, 3.05) is 36.5 Å². The van der Waals surface area contributed by atoms with Crippen LogP contribution in [0.2, 0.25) is 0 Å². The number of rotatable bonds is 7. The van der Waals surface area contributed by atoms with E-state index in [1.165, 1.54) is 0 Å². The third kappa shape index (κ3) is 4.23. The van der Waals surface area contributed by atoms with E-state index in [4.69, 9.17) is 4.74 Å². The van der Waals surface area contributed by atoms with E-state index in [9.17, 15) is 14.4 Å². The van der Waals surface area contributed by atoms with Crippen molar-refractivity contribution in [3.8, 4) is 0 Å². The number of nitrogens with zero attached hydrogens (tertiary/aromatic N) is 3. The first-order valence-electron chi connectivity index (χ1n) is 10.2. The number of aryl methyl sites for hydroxylation is 2. The molecule has 1 fully saturated rings. The van der Waals surface area contributed by atoms with E-state index in [0.29, 0.717) is 18.8 Å². The van der Waals surface area contributed by atoms with Gasteiger partial charge in [0.25, 0.3) is 0 Å². The first kappa shape index (κ1) is 20.8. The minimum Gasteiger partial charge on any atom is -0.465 e. The van der Waals surface area contributed by atoms with Crippen molar-refractivity contribution >= 4 is 34.4 Å². The Kier molecular flexibility index (Phi) is 6.46. The molecule has 0 spiro atoms. The normalized spacial score (nSPS) is 13.7. The second kappa shape index (κ2) is 9.02. The fourth-order valence-corrected chi connectivity index (χ4v) is 3.81. The summed E-state index contributed by atoms with van der Waals surface area (Å²) >= 11 is 0. The molecule has 2 heterocycles. The number of aromatic nitrogens is 2. The molecule has 9 nitrogen and oxygen atoms in total. The van der Waals surface area contributed by atoms with Crippen LogP contribution < -0.4 is 21.2 Å². The molecule has 29 heavy (non-hydrogen) atoms. The van der Waals surface area contributed by atoms with Gasteiger partial charge in [-0.2, -0.15) is 0 Å². The van der Waals surface area contributed by atoms with E-state index >= 15 is 0 Å². The van der Waals surface area contributed by atoms with E-state index in [2.05, 4.69) is 15.5 Å². The smallest absolute Gasteiger partial charge is 0.329 e. The van der Waals surface area contributed by atoms with Gasteiger partial charge in [0.2, 0.25) is 0 Å². The van der Waals surface area contributed by atoms with E-state index in [-0.39, 0.29) is 18.8 Å². The summed E-state index contributed by atoms with van der Waals surface area (Å²) in [4.78, 5) is 38.8. The molecule has 2 aromatic rings. The van der Waals surface area contributed by atoms with Crippen LogP contribution in [0.1, 0.15) is 33.6 Å². The number of imidazole rings is 1. The van der Waals surface area contributed by atoms with E-state index in [1.807, 2.05) is 26.0 Å². The fourth-order valence-electron chi connectivity index (χ4n) is 3.81. The zero-order valence-electron chi connectivity index (χ0n) is 17.3. The molecular formula is C20H29N5O4. The van der Waals surface area contributed by atoms with Gasteiger partial charge in [-0.1, -0.05) is 0 Å². The number of esters is 1. The number of carbonyl (C=O) groups is 2. The zero-order valence-corrected chi connectivity index (χ0v) is 17.3. The number of hydrogen-bond donors (Lipinski definition) is 2. The molecule has 0 atom stereocenters. The minimum absolute atomic E-state index is 0.0544. The molecule has 2 amide bonds. The Balaban J connectivity index is 1.97. The number of benzene rings is 1. The molecule has 0 radical (unpaired) electrons. The molecule has 0 bridgehead atoms. The molecule has 2 N–H and O–H groups in total. The highest BCUT2D eigenvalue weighted by molar-refractivity contribution is 5.98. The minimum atomic E-state index is -0.488. The monoisotopic (exact) mass is 403 g/mol. The summed E-state index contributed by atoms with van der Waals surface area (Å²) < 4.78 is 8.29. The van der Waals surface area contributed by atoms with E-state index in [1.54, 1.807) is 16.1 Å². The lowest BCUT2D eigenvalue weighted by atomic mass is 10.2. The zero-order chi connectivity index (χ0) is 21.0. The molecular weight excluding hydrogens is 374 g/mol. The van der Waals surface area contributed by atoms with Gasteiger partial charge in [0.05, 0.1) is 29.0 Å². The van der Waals surface area contributed by atoms with Crippen LogP contribution in [0.4, 0.5) is 16.2 Å². The van der Waals surface area contributed by atoms with Gasteiger partial charge < -0.3 is 20.3 Å². The Hall–Kier alpha value is -2.97. The van der Waals surface area contributed by atoms with E-state index in [0.717, 1.165) is 42.7 Å². The lowest BCUT2D eigenvalue weighted by Crippen LogP contribution is -2.34. The Labute approximate surface area is 169 Å². The summed E-state index contributed by atoms with van der Waals surface area (Å²) in [6.07, 6.45) is 2.17. The molecule has 1 aromatic heterocycles. The lowest BCUT2D eigenvalue weighted by Gasteiger charge is -2.22. The van der Waals surface area contributed by atoms with Crippen LogP contribution in [0.25, 0.3) is 11.0 Å². The number of nitrogens with one attached hydrogen (secondary N) is 2. The quantitative estimate of drug-likeness (QED) is 0.690. The van der Waals surface area contributed by atoms with E-state index < -0.39 is 12.0 Å². The van der Waals surface area contributed by atoms with Crippen molar-refractivity contribution in [2.45, 2.75) is 46.7 Å². The molecule has 1 aliphatic rings. The molecule has 1 saturated heterocycles. The SMILES string of the molecule is CCOC(=O)CNC(=O)Nc1cc2c(cc1N1CCCC1)n(CC)c(=O)n2CC. The molecule has 158 valence electrons. The van der Waals surface area contributed by atoms with Gasteiger partial charge in [0.15, 0.2) is 0 Å². The van der Waals surface area contributed by atoms with Gasteiger partial charge >= 0.3 is 17.7 Å². The number of fused-ring (bicyclic) bond motifs is 1. The van der Waals surface area contributed by atoms with Crippen LogP contribution in [0.5, 0.6) is 0 Å². The summed E-state index contributed by atoms with van der Waals surface area (Å²) in [7, 11) is 0. The topological polar surface area (TPSA) is 97.6 Å². The highest BCUT2D eigenvalue weighted by Crippen LogP contribution is 2.33. The van der Waals surface area contributed by atoms with Crippen LogP contribution in [0.15, 0.2) is 16.9 Å². The number of urea groups is 1. The largest absolute Gasteiger partial charge is 0.465 e. The third-order valence-corrected chi connectivity index (χ3v) is 5.16. The maximum atomic E-state index is 12.7. The number of carbonyl (C=O) groups excluding carboxylic acids is 2.